The Hall–Kier alpha value is -2.86. The molecule has 4 rings (SSSR count). The van der Waals surface area contributed by atoms with Crippen LogP contribution in [0.25, 0.3) is 11.1 Å². The molecule has 2 aliphatic rings. The zero-order valence-electron chi connectivity index (χ0n) is 14.7. The van der Waals surface area contributed by atoms with Crippen molar-refractivity contribution in [2.75, 3.05) is 26.1 Å². The van der Waals surface area contributed by atoms with Crippen LogP contribution in [-0.2, 0) is 9.53 Å². The predicted octanol–water partition coefficient (Wildman–Crippen LogP) is 2.54. The first-order valence-corrected chi connectivity index (χ1v) is 8.54. The third kappa shape index (κ3) is 2.72. The highest BCUT2D eigenvalue weighted by molar-refractivity contribution is 6.10. The second kappa shape index (κ2) is 6.46. The lowest BCUT2D eigenvalue weighted by Crippen LogP contribution is -2.40. The maximum atomic E-state index is 13.1. The topological polar surface area (TPSA) is 67.9 Å². The van der Waals surface area contributed by atoms with Crippen LogP contribution >= 0.6 is 0 Å². The van der Waals surface area contributed by atoms with E-state index in [4.69, 9.17) is 9.47 Å². The summed E-state index contributed by atoms with van der Waals surface area (Å²) in [5.41, 5.74) is 2.95. The minimum Gasteiger partial charge on any atom is -0.497 e. The van der Waals surface area contributed by atoms with Gasteiger partial charge in [0.05, 0.1) is 24.5 Å². The molecule has 0 radical (unpaired) electrons. The van der Waals surface area contributed by atoms with E-state index in [1.165, 1.54) is 0 Å². The van der Waals surface area contributed by atoms with Crippen LogP contribution in [0.5, 0.6) is 5.75 Å². The monoisotopic (exact) mass is 352 g/mol. The molecule has 2 aromatic rings. The lowest BCUT2D eigenvalue weighted by atomic mass is 10.0. The summed E-state index contributed by atoms with van der Waals surface area (Å²) in [6, 6.07) is 12.7. The summed E-state index contributed by atoms with van der Waals surface area (Å²) in [5, 5.41) is 2.89. The van der Waals surface area contributed by atoms with E-state index in [-0.39, 0.29) is 17.9 Å². The molecule has 2 aliphatic heterocycles. The second-order valence-corrected chi connectivity index (χ2v) is 6.54. The second-order valence-electron chi connectivity index (χ2n) is 6.54. The van der Waals surface area contributed by atoms with Gasteiger partial charge in [-0.1, -0.05) is 18.2 Å². The molecular formula is C20H20N2O4. The van der Waals surface area contributed by atoms with Gasteiger partial charge in [0.2, 0.25) is 5.91 Å². The molecule has 1 fully saturated rings. The van der Waals surface area contributed by atoms with Crippen molar-refractivity contribution >= 4 is 17.5 Å². The van der Waals surface area contributed by atoms with Crippen LogP contribution in [0.4, 0.5) is 5.69 Å². The average Bonchev–Trinajstić information content (AvgIpc) is 3.09. The number of hydrogen-bond acceptors (Lipinski definition) is 4. The van der Waals surface area contributed by atoms with Crippen molar-refractivity contribution in [2.24, 2.45) is 0 Å². The summed E-state index contributed by atoms with van der Waals surface area (Å²) in [6.07, 6.45) is 0.411. The number of carbonyl (C=O) groups excluding carboxylic acids is 2. The molecular weight excluding hydrogens is 332 g/mol. The molecule has 0 spiro atoms. The molecule has 6 heteroatoms. The number of hydrogen-bond donors (Lipinski definition) is 1. The Kier molecular flexibility index (Phi) is 4.12. The van der Waals surface area contributed by atoms with Crippen LogP contribution in [0.3, 0.4) is 0 Å². The molecule has 134 valence electrons. The fourth-order valence-corrected chi connectivity index (χ4v) is 3.61. The Morgan fingerprint density at radius 3 is 2.46 bits per heavy atom. The van der Waals surface area contributed by atoms with Gasteiger partial charge in [-0.3, -0.25) is 9.59 Å². The van der Waals surface area contributed by atoms with Gasteiger partial charge in [0.25, 0.3) is 5.91 Å². The number of methoxy groups -OCH3 is 2. The molecule has 26 heavy (non-hydrogen) atoms. The molecule has 2 unspecified atom stereocenters. The lowest BCUT2D eigenvalue weighted by molar-refractivity contribution is -0.119. The van der Waals surface area contributed by atoms with Gasteiger partial charge >= 0.3 is 0 Å². The largest absolute Gasteiger partial charge is 0.497 e. The normalized spacial score (nSPS) is 21.7. The van der Waals surface area contributed by atoms with E-state index >= 15 is 0 Å². The molecule has 2 heterocycles. The number of anilines is 1. The smallest absolute Gasteiger partial charge is 0.256 e. The van der Waals surface area contributed by atoms with E-state index in [0.29, 0.717) is 24.2 Å². The fraction of sp³-hybridized carbons (Fsp3) is 0.300. The summed E-state index contributed by atoms with van der Waals surface area (Å²) >= 11 is 0. The molecule has 0 bridgehead atoms. The van der Waals surface area contributed by atoms with E-state index in [0.717, 1.165) is 16.9 Å². The van der Waals surface area contributed by atoms with E-state index in [2.05, 4.69) is 5.32 Å². The quantitative estimate of drug-likeness (QED) is 0.922. The van der Waals surface area contributed by atoms with Crippen molar-refractivity contribution in [1.29, 1.82) is 0 Å². The number of amides is 2. The zero-order valence-corrected chi connectivity index (χ0v) is 14.7. The van der Waals surface area contributed by atoms with Gasteiger partial charge in [-0.25, -0.2) is 0 Å². The third-order valence-electron chi connectivity index (χ3n) is 5.09. The first kappa shape index (κ1) is 16.6. The Morgan fingerprint density at radius 2 is 1.77 bits per heavy atom. The summed E-state index contributed by atoms with van der Waals surface area (Å²) in [7, 11) is 3.23. The Bertz CT molecular complexity index is 863. The molecule has 1 N–H and O–H groups in total. The minimum atomic E-state index is -0.482. The van der Waals surface area contributed by atoms with E-state index in [1.807, 2.05) is 36.4 Å². The van der Waals surface area contributed by atoms with Crippen LogP contribution in [-0.4, -0.2) is 49.6 Å². The zero-order chi connectivity index (χ0) is 18.3. The van der Waals surface area contributed by atoms with Gasteiger partial charge in [-0.15, -0.1) is 0 Å². The van der Waals surface area contributed by atoms with Gasteiger partial charge in [-0.05, 0) is 35.4 Å². The van der Waals surface area contributed by atoms with Crippen molar-refractivity contribution < 1.29 is 19.1 Å². The van der Waals surface area contributed by atoms with Gasteiger partial charge in [-0.2, -0.15) is 0 Å². The van der Waals surface area contributed by atoms with Gasteiger partial charge in [0.15, 0.2) is 0 Å². The highest BCUT2D eigenvalue weighted by Gasteiger charge is 2.42. The predicted molar refractivity (Wildman–Crippen MR) is 97.3 cm³/mol. The highest BCUT2D eigenvalue weighted by atomic mass is 16.5. The van der Waals surface area contributed by atoms with Crippen molar-refractivity contribution in [3.63, 3.8) is 0 Å². The SMILES string of the molecule is COc1ccc(-c2ccc3c(c2)C(=O)N2CC(OC)CC2C(=O)N3)cc1. The van der Waals surface area contributed by atoms with E-state index < -0.39 is 6.04 Å². The number of ether oxygens (including phenoxy) is 2. The van der Waals surface area contributed by atoms with Gasteiger partial charge < -0.3 is 19.7 Å². The number of rotatable bonds is 3. The summed E-state index contributed by atoms with van der Waals surface area (Å²) < 4.78 is 10.5. The minimum absolute atomic E-state index is 0.110. The maximum absolute atomic E-state index is 13.1. The number of carbonyl (C=O) groups is 2. The summed E-state index contributed by atoms with van der Waals surface area (Å²) in [6.45, 7) is 0.430. The maximum Gasteiger partial charge on any atom is 0.256 e. The molecule has 0 aliphatic carbocycles. The van der Waals surface area contributed by atoms with Crippen molar-refractivity contribution in [3.8, 4) is 16.9 Å². The fourth-order valence-electron chi connectivity index (χ4n) is 3.61. The van der Waals surface area contributed by atoms with Crippen LogP contribution in [0.15, 0.2) is 42.5 Å². The number of fused-ring (bicyclic) bond motifs is 2. The Labute approximate surface area is 151 Å². The highest BCUT2D eigenvalue weighted by Crippen LogP contribution is 2.33. The summed E-state index contributed by atoms with van der Waals surface area (Å²) in [5.74, 6) is 0.476. The van der Waals surface area contributed by atoms with Crippen molar-refractivity contribution in [3.05, 3.63) is 48.0 Å². The van der Waals surface area contributed by atoms with Crippen LogP contribution in [0.2, 0.25) is 0 Å². The Morgan fingerprint density at radius 1 is 1.04 bits per heavy atom. The number of nitrogens with zero attached hydrogens (tertiary/aromatic N) is 1. The molecule has 1 saturated heterocycles. The molecule has 6 nitrogen and oxygen atoms in total. The lowest BCUT2D eigenvalue weighted by Gasteiger charge is -2.20. The molecule has 2 aromatic carbocycles. The summed E-state index contributed by atoms with van der Waals surface area (Å²) in [4.78, 5) is 27.2. The van der Waals surface area contributed by atoms with Crippen LogP contribution in [0, 0.1) is 0 Å². The standard InChI is InChI=1S/C20H20N2O4/c1-25-14-6-3-12(4-7-14)13-5-8-17-16(9-13)20(24)22-11-15(26-2)10-18(22)19(23)21-17/h3-9,15,18H,10-11H2,1-2H3,(H,21,23). The molecule has 0 aromatic heterocycles. The molecule has 2 atom stereocenters. The van der Waals surface area contributed by atoms with Crippen LogP contribution < -0.4 is 10.1 Å². The van der Waals surface area contributed by atoms with Crippen molar-refractivity contribution in [1.82, 2.24) is 4.90 Å². The first-order valence-electron chi connectivity index (χ1n) is 8.54. The molecule has 0 saturated carbocycles. The van der Waals surface area contributed by atoms with Gasteiger partial charge in [0.1, 0.15) is 11.8 Å². The first-order chi connectivity index (χ1) is 12.6. The molecule has 2 amide bonds. The Balaban J connectivity index is 1.72. The third-order valence-corrected chi connectivity index (χ3v) is 5.09. The van der Waals surface area contributed by atoms with Crippen LogP contribution in [0.1, 0.15) is 16.8 Å². The average molecular weight is 352 g/mol. The number of benzene rings is 2. The van der Waals surface area contributed by atoms with Gasteiger partial charge in [0, 0.05) is 20.1 Å². The number of nitrogens with one attached hydrogen (secondary N) is 1. The van der Waals surface area contributed by atoms with E-state index in [1.54, 1.807) is 25.2 Å². The van der Waals surface area contributed by atoms with Crippen molar-refractivity contribution in [2.45, 2.75) is 18.6 Å². The van der Waals surface area contributed by atoms with E-state index in [9.17, 15) is 9.59 Å².